The van der Waals surface area contributed by atoms with Crippen LogP contribution in [0.15, 0.2) is 23.8 Å². The van der Waals surface area contributed by atoms with E-state index in [2.05, 4.69) is 0 Å². The van der Waals surface area contributed by atoms with E-state index in [0.29, 0.717) is 18.4 Å². The van der Waals surface area contributed by atoms with Gasteiger partial charge in [0.25, 0.3) is 0 Å². The van der Waals surface area contributed by atoms with Crippen LogP contribution in [0.2, 0.25) is 0 Å². The van der Waals surface area contributed by atoms with Gasteiger partial charge in [0.2, 0.25) is 5.78 Å². The molecule has 1 saturated heterocycles. The maximum Gasteiger partial charge on any atom is 0.303 e. The van der Waals surface area contributed by atoms with Crippen LogP contribution in [0.3, 0.4) is 0 Å². The van der Waals surface area contributed by atoms with Gasteiger partial charge in [0.1, 0.15) is 0 Å². The summed E-state index contributed by atoms with van der Waals surface area (Å²) in [5.41, 5.74) is -4.86. The molecule has 0 unspecified atom stereocenters. The molecule has 7 nitrogen and oxygen atoms in total. The van der Waals surface area contributed by atoms with E-state index in [0.717, 1.165) is 0 Å². The normalized spacial score (nSPS) is 48.3. The SMILES string of the molecule is CC(=O)OCC(=O)[C@@]12OC(C)(C)O[C@@H]1C[C@H]1[C@@H]3C=CC4=CC(=O)CC[C@]4(C)[C@@]3(F)[C@@H](O)C[C@@]12C. The molecule has 0 radical (unpaired) electrons. The van der Waals surface area contributed by atoms with Crippen molar-refractivity contribution < 1.29 is 38.1 Å². The number of hydrogen-bond acceptors (Lipinski definition) is 7. The molecule has 0 aromatic carbocycles. The summed E-state index contributed by atoms with van der Waals surface area (Å²) < 4.78 is 34.9. The Morgan fingerprint density at radius 1 is 1.26 bits per heavy atom. The lowest BCUT2D eigenvalue weighted by molar-refractivity contribution is -0.241. The highest BCUT2D eigenvalue weighted by molar-refractivity contribution is 5.93. The Bertz CT molecular complexity index is 1030. The minimum atomic E-state index is -2.01. The van der Waals surface area contributed by atoms with Gasteiger partial charge in [0.15, 0.2) is 29.4 Å². The molecule has 1 aliphatic heterocycles. The molecule has 1 heterocycles. The number of Topliss-reactive ketones (excluding diaryl/α,β-unsaturated/α-hetero) is 1. The number of ether oxygens (including phenoxy) is 3. The molecule has 34 heavy (non-hydrogen) atoms. The van der Waals surface area contributed by atoms with E-state index in [4.69, 9.17) is 14.2 Å². The zero-order valence-electron chi connectivity index (χ0n) is 20.4. The van der Waals surface area contributed by atoms with Crippen LogP contribution in [0.25, 0.3) is 0 Å². The van der Waals surface area contributed by atoms with Crippen molar-refractivity contribution in [3.63, 3.8) is 0 Å². The number of aliphatic hydroxyl groups is 1. The van der Waals surface area contributed by atoms with Crippen LogP contribution >= 0.6 is 0 Å². The molecule has 2 saturated carbocycles. The number of allylic oxidation sites excluding steroid dienone is 4. The van der Waals surface area contributed by atoms with Gasteiger partial charge < -0.3 is 19.3 Å². The third kappa shape index (κ3) is 2.76. The summed E-state index contributed by atoms with van der Waals surface area (Å²) in [4.78, 5) is 37.2. The first-order valence-electron chi connectivity index (χ1n) is 12.1. The lowest BCUT2D eigenvalue weighted by Crippen LogP contribution is -2.69. The summed E-state index contributed by atoms with van der Waals surface area (Å²) in [6.45, 7) is 7.86. The Labute approximate surface area is 198 Å². The fraction of sp³-hybridized carbons (Fsp3) is 0.731. The lowest BCUT2D eigenvalue weighted by Gasteiger charge is -2.62. The highest BCUT2D eigenvalue weighted by Crippen LogP contribution is 2.71. The number of fused-ring (bicyclic) bond motifs is 7. The van der Waals surface area contributed by atoms with E-state index in [1.54, 1.807) is 26.8 Å². The number of rotatable bonds is 3. The van der Waals surface area contributed by atoms with Crippen LogP contribution in [-0.2, 0) is 28.6 Å². The van der Waals surface area contributed by atoms with Gasteiger partial charge in [-0.25, -0.2) is 4.39 Å². The van der Waals surface area contributed by atoms with Crippen LogP contribution in [0.5, 0.6) is 0 Å². The summed E-state index contributed by atoms with van der Waals surface area (Å²) in [5.74, 6) is -3.18. The van der Waals surface area contributed by atoms with Gasteiger partial charge in [-0.15, -0.1) is 0 Å². The van der Waals surface area contributed by atoms with Crippen molar-refractivity contribution >= 4 is 17.5 Å². The first kappa shape index (κ1) is 23.8. The predicted molar refractivity (Wildman–Crippen MR) is 118 cm³/mol. The molecule has 186 valence electrons. The molecule has 4 aliphatic carbocycles. The van der Waals surface area contributed by atoms with Gasteiger partial charge in [-0.1, -0.05) is 26.0 Å². The average molecular weight is 477 g/mol. The maximum atomic E-state index is 17.3. The molecular formula is C26H33FO7. The number of aliphatic hydroxyl groups excluding tert-OH is 1. The Balaban J connectivity index is 1.62. The largest absolute Gasteiger partial charge is 0.458 e. The number of carbonyl (C=O) groups excluding carboxylic acids is 3. The lowest BCUT2D eigenvalue weighted by atomic mass is 9.45. The second-order valence-electron chi connectivity index (χ2n) is 11.6. The highest BCUT2D eigenvalue weighted by atomic mass is 19.1. The van der Waals surface area contributed by atoms with E-state index in [1.807, 2.05) is 13.0 Å². The third-order valence-corrected chi connectivity index (χ3v) is 9.42. The predicted octanol–water partition coefficient (Wildman–Crippen LogP) is 2.99. The van der Waals surface area contributed by atoms with Gasteiger partial charge in [0.05, 0.1) is 12.2 Å². The Kier molecular flexibility index (Phi) is 4.96. The van der Waals surface area contributed by atoms with E-state index >= 15 is 4.39 Å². The molecule has 3 fully saturated rings. The Morgan fingerprint density at radius 2 is 1.97 bits per heavy atom. The molecule has 0 bridgehead atoms. The van der Waals surface area contributed by atoms with E-state index in [9.17, 15) is 19.5 Å². The summed E-state index contributed by atoms with van der Waals surface area (Å²) in [5, 5.41) is 11.5. The zero-order valence-corrected chi connectivity index (χ0v) is 20.4. The van der Waals surface area contributed by atoms with Crippen LogP contribution in [0.1, 0.15) is 60.3 Å². The van der Waals surface area contributed by atoms with Crippen molar-refractivity contribution in [1.82, 2.24) is 0 Å². The Morgan fingerprint density at radius 3 is 2.65 bits per heavy atom. The third-order valence-electron chi connectivity index (χ3n) is 9.42. The summed E-state index contributed by atoms with van der Waals surface area (Å²) >= 11 is 0. The number of halogens is 1. The van der Waals surface area contributed by atoms with Crippen molar-refractivity contribution in [2.75, 3.05) is 6.61 Å². The van der Waals surface area contributed by atoms with Crippen LogP contribution in [0.4, 0.5) is 4.39 Å². The van der Waals surface area contributed by atoms with Crippen molar-refractivity contribution in [1.29, 1.82) is 0 Å². The van der Waals surface area contributed by atoms with Crippen molar-refractivity contribution in [2.45, 2.75) is 89.6 Å². The van der Waals surface area contributed by atoms with Crippen LogP contribution < -0.4 is 0 Å². The van der Waals surface area contributed by atoms with Crippen LogP contribution in [-0.4, -0.2) is 58.5 Å². The second-order valence-corrected chi connectivity index (χ2v) is 11.6. The molecule has 5 rings (SSSR count). The maximum absolute atomic E-state index is 17.3. The molecular weight excluding hydrogens is 443 g/mol. The zero-order chi connectivity index (χ0) is 24.9. The molecule has 1 N–H and O–H groups in total. The molecule has 0 aromatic rings. The van der Waals surface area contributed by atoms with Crippen molar-refractivity contribution in [2.24, 2.45) is 22.7 Å². The minimum Gasteiger partial charge on any atom is -0.458 e. The van der Waals surface area contributed by atoms with E-state index in [-0.39, 0.29) is 24.5 Å². The van der Waals surface area contributed by atoms with Gasteiger partial charge in [-0.05, 0) is 50.7 Å². The smallest absolute Gasteiger partial charge is 0.303 e. The first-order chi connectivity index (χ1) is 15.7. The molecule has 8 atom stereocenters. The van der Waals surface area contributed by atoms with E-state index in [1.165, 1.54) is 13.0 Å². The molecule has 0 amide bonds. The monoisotopic (exact) mass is 476 g/mol. The van der Waals surface area contributed by atoms with Crippen molar-refractivity contribution in [3.8, 4) is 0 Å². The molecule has 0 aromatic heterocycles. The molecule has 8 heteroatoms. The topological polar surface area (TPSA) is 99.1 Å². The fourth-order valence-corrected chi connectivity index (χ4v) is 7.89. The standard InChI is InChI=1S/C26H33FO7/c1-14(28)32-13-20(31)26-21(33-22(2,3)34-26)11-18-17-7-6-15-10-16(29)8-9-23(15,4)25(17,27)19(30)12-24(18,26)5/h6-7,10,17-19,21,30H,8-9,11-13H2,1-5H3/t17-,18-,19-,21+,23-,24-,25-,26+/m0/s1. The number of carbonyl (C=O) groups is 3. The minimum absolute atomic E-state index is 0.0168. The van der Waals surface area contributed by atoms with E-state index < -0.39 is 64.4 Å². The van der Waals surface area contributed by atoms with Gasteiger partial charge in [-0.2, -0.15) is 0 Å². The summed E-state index contributed by atoms with van der Waals surface area (Å²) in [6.07, 6.45) is 3.91. The van der Waals surface area contributed by atoms with Crippen molar-refractivity contribution in [3.05, 3.63) is 23.8 Å². The fourth-order valence-electron chi connectivity index (χ4n) is 7.89. The number of hydrogen-bond donors (Lipinski definition) is 1. The average Bonchev–Trinajstić information content (AvgIpc) is 3.14. The first-order valence-corrected chi connectivity index (χ1v) is 12.1. The second kappa shape index (κ2) is 7.08. The summed E-state index contributed by atoms with van der Waals surface area (Å²) in [7, 11) is 0. The number of esters is 1. The molecule has 5 aliphatic rings. The number of ketones is 2. The molecule has 0 spiro atoms. The van der Waals surface area contributed by atoms with Gasteiger partial charge in [-0.3, -0.25) is 14.4 Å². The van der Waals surface area contributed by atoms with Gasteiger partial charge in [0, 0.05) is 30.1 Å². The summed E-state index contributed by atoms with van der Waals surface area (Å²) in [6, 6.07) is 0. The van der Waals surface area contributed by atoms with Gasteiger partial charge >= 0.3 is 5.97 Å². The Hall–Kier alpha value is -1.90. The van der Waals surface area contributed by atoms with Crippen LogP contribution in [0, 0.1) is 22.7 Å². The quantitative estimate of drug-likeness (QED) is 0.625. The highest BCUT2D eigenvalue weighted by Gasteiger charge is 2.79. The number of alkyl halides is 1.